The zero-order valence-electron chi connectivity index (χ0n) is 16.6. The second kappa shape index (κ2) is 5.35. The predicted octanol–water partition coefficient (Wildman–Crippen LogP) is 5.57. The number of nitrogens with zero attached hydrogens (tertiary/aromatic N) is 4. The first-order chi connectivity index (χ1) is 15.4. The third kappa shape index (κ3) is 1.84. The van der Waals surface area contributed by atoms with Gasteiger partial charge < -0.3 is 0 Å². The highest BCUT2D eigenvalue weighted by molar-refractivity contribution is 6.11. The van der Waals surface area contributed by atoms with E-state index in [1.165, 1.54) is 39.1 Å². The van der Waals surface area contributed by atoms with Crippen LogP contribution in [-0.2, 0) is 12.8 Å². The first kappa shape index (κ1) is 15.7. The van der Waals surface area contributed by atoms with E-state index in [1.807, 2.05) is 24.8 Å². The Hall–Kier alpha value is -4.05. The maximum Gasteiger partial charge on any atom is 0.146 e. The van der Waals surface area contributed by atoms with Gasteiger partial charge in [0.15, 0.2) is 0 Å². The Bertz CT molecular complexity index is 1740. The highest BCUT2D eigenvalue weighted by Gasteiger charge is 2.32. The van der Waals surface area contributed by atoms with Crippen molar-refractivity contribution < 1.29 is 0 Å². The van der Waals surface area contributed by atoms with Crippen LogP contribution in [0.4, 0.5) is 0 Å². The molecule has 0 fully saturated rings. The van der Waals surface area contributed by atoms with E-state index in [-0.39, 0.29) is 0 Å². The topological polar surface area (TPSA) is 43.1 Å². The van der Waals surface area contributed by atoms with Gasteiger partial charge in [-0.3, -0.25) is 14.4 Å². The van der Waals surface area contributed by atoms with Gasteiger partial charge in [-0.25, -0.2) is 4.98 Å². The van der Waals surface area contributed by atoms with Crippen LogP contribution < -0.4 is 0 Å². The minimum Gasteiger partial charge on any atom is -0.295 e. The molecule has 8 rings (SSSR count). The van der Waals surface area contributed by atoms with Crippen LogP contribution >= 0.6 is 0 Å². The predicted molar refractivity (Wildman–Crippen MR) is 122 cm³/mol. The van der Waals surface area contributed by atoms with Crippen molar-refractivity contribution in [3.05, 3.63) is 95.7 Å². The summed E-state index contributed by atoms with van der Waals surface area (Å²) in [7, 11) is 0. The van der Waals surface area contributed by atoms with Crippen LogP contribution in [0.3, 0.4) is 0 Å². The fraction of sp³-hybridized carbons (Fsp3) is 0.0741. The molecule has 0 N–H and O–H groups in total. The molecule has 2 aromatic carbocycles. The lowest BCUT2D eigenvalue weighted by Crippen LogP contribution is -1.98. The zero-order chi connectivity index (χ0) is 20.1. The molecule has 4 heterocycles. The summed E-state index contributed by atoms with van der Waals surface area (Å²) >= 11 is 0. The van der Waals surface area contributed by atoms with E-state index in [0.29, 0.717) is 0 Å². The molecule has 144 valence electrons. The Morgan fingerprint density at radius 2 is 1.58 bits per heavy atom. The van der Waals surface area contributed by atoms with Crippen molar-refractivity contribution in [2.75, 3.05) is 0 Å². The van der Waals surface area contributed by atoms with E-state index in [4.69, 9.17) is 4.98 Å². The molecule has 6 aromatic rings. The minimum absolute atomic E-state index is 0.900. The smallest absolute Gasteiger partial charge is 0.146 e. The van der Waals surface area contributed by atoms with Crippen LogP contribution in [0.2, 0.25) is 0 Å². The Balaban J connectivity index is 1.50. The molecule has 2 aliphatic carbocycles. The van der Waals surface area contributed by atoms with Gasteiger partial charge >= 0.3 is 0 Å². The molecule has 0 unspecified atom stereocenters. The molecule has 4 heteroatoms. The second-order valence-corrected chi connectivity index (χ2v) is 8.52. The molecule has 4 nitrogen and oxygen atoms in total. The number of imidazole rings is 1. The van der Waals surface area contributed by atoms with E-state index in [9.17, 15) is 0 Å². The normalized spacial score (nSPS) is 13.5. The lowest BCUT2D eigenvalue weighted by Gasteiger charge is -2.11. The Morgan fingerprint density at radius 3 is 2.55 bits per heavy atom. The third-order valence-corrected chi connectivity index (χ3v) is 7.03. The number of benzene rings is 2. The fourth-order valence-electron chi connectivity index (χ4n) is 5.74. The van der Waals surface area contributed by atoms with Gasteiger partial charge in [-0.05, 0) is 46.4 Å². The number of hydrogen-bond acceptors (Lipinski definition) is 3. The number of rotatable bonds is 0. The van der Waals surface area contributed by atoms with Crippen molar-refractivity contribution in [2.24, 2.45) is 0 Å². The Morgan fingerprint density at radius 1 is 0.710 bits per heavy atom. The van der Waals surface area contributed by atoms with Gasteiger partial charge in [-0.15, -0.1) is 0 Å². The maximum absolute atomic E-state index is 5.21. The molecule has 0 bridgehead atoms. The monoisotopic (exact) mass is 396 g/mol. The van der Waals surface area contributed by atoms with Gasteiger partial charge in [0.1, 0.15) is 5.65 Å². The van der Waals surface area contributed by atoms with Gasteiger partial charge in [0, 0.05) is 52.9 Å². The van der Waals surface area contributed by atoms with Crippen molar-refractivity contribution >= 4 is 27.3 Å². The first-order valence-corrected chi connectivity index (χ1v) is 10.6. The fourth-order valence-corrected chi connectivity index (χ4v) is 5.74. The molecule has 0 saturated heterocycles. The number of fused-ring (bicyclic) bond motifs is 14. The van der Waals surface area contributed by atoms with Crippen LogP contribution in [0.25, 0.3) is 49.7 Å². The molecule has 0 atom stereocenters. The van der Waals surface area contributed by atoms with Gasteiger partial charge in [0.05, 0.1) is 16.9 Å². The zero-order valence-corrected chi connectivity index (χ0v) is 16.6. The molecular weight excluding hydrogens is 380 g/mol. The summed E-state index contributed by atoms with van der Waals surface area (Å²) in [6, 6.07) is 17.6. The summed E-state index contributed by atoms with van der Waals surface area (Å²) in [6.45, 7) is 0. The van der Waals surface area contributed by atoms with Crippen molar-refractivity contribution in [2.45, 2.75) is 12.8 Å². The highest BCUT2D eigenvalue weighted by Crippen LogP contribution is 2.48. The number of aromatic nitrogens is 4. The molecule has 0 amide bonds. The molecule has 0 radical (unpaired) electrons. The summed E-state index contributed by atoms with van der Waals surface area (Å²) in [4.78, 5) is 14.0. The van der Waals surface area contributed by atoms with Gasteiger partial charge in [-0.2, -0.15) is 0 Å². The first-order valence-electron chi connectivity index (χ1n) is 10.6. The molecule has 0 aliphatic heterocycles. The standard InChI is InChI=1S/C27H16N4/c1-2-4-17-15(3-1)11-16-5-6-18-20(25(16)17)12-24-26(18)30-27-19-7-9-28-13-21(19)22-14-29-10-8-23(22)31(24)27/h1-10,13-14H,11-12H2. The maximum atomic E-state index is 5.21. The molecule has 4 aromatic heterocycles. The Kier molecular flexibility index (Phi) is 2.72. The van der Waals surface area contributed by atoms with E-state index in [1.54, 1.807) is 0 Å². The second-order valence-electron chi connectivity index (χ2n) is 8.52. The SMILES string of the molecule is c1ccc2c(c1)Cc1ccc3c(c1-2)Cc1c-3nc2c3ccncc3c3cnccc3n12. The van der Waals surface area contributed by atoms with Crippen LogP contribution in [0.15, 0.2) is 73.3 Å². The van der Waals surface area contributed by atoms with Gasteiger partial charge in [0.2, 0.25) is 0 Å². The number of hydrogen-bond donors (Lipinski definition) is 0. The molecule has 0 saturated carbocycles. The minimum atomic E-state index is 0.900. The molecule has 2 aliphatic rings. The van der Waals surface area contributed by atoms with Crippen molar-refractivity contribution in [1.82, 2.24) is 19.4 Å². The molecule has 31 heavy (non-hydrogen) atoms. The number of pyridine rings is 3. The van der Waals surface area contributed by atoms with Crippen LogP contribution in [-0.4, -0.2) is 19.4 Å². The molecule has 0 spiro atoms. The summed E-state index contributed by atoms with van der Waals surface area (Å²) in [5.74, 6) is 0. The largest absolute Gasteiger partial charge is 0.295 e. The van der Waals surface area contributed by atoms with Crippen molar-refractivity contribution in [3.63, 3.8) is 0 Å². The third-order valence-electron chi connectivity index (χ3n) is 7.03. The van der Waals surface area contributed by atoms with Crippen LogP contribution in [0.1, 0.15) is 22.4 Å². The van der Waals surface area contributed by atoms with E-state index >= 15 is 0 Å². The van der Waals surface area contributed by atoms with E-state index in [2.05, 4.69) is 62.9 Å². The van der Waals surface area contributed by atoms with Crippen molar-refractivity contribution in [1.29, 1.82) is 0 Å². The highest BCUT2D eigenvalue weighted by atomic mass is 15.0. The van der Waals surface area contributed by atoms with Gasteiger partial charge in [0.25, 0.3) is 0 Å². The lowest BCUT2D eigenvalue weighted by molar-refractivity contribution is 1.09. The Labute approximate surface area is 177 Å². The van der Waals surface area contributed by atoms with Crippen LogP contribution in [0.5, 0.6) is 0 Å². The van der Waals surface area contributed by atoms with E-state index < -0.39 is 0 Å². The van der Waals surface area contributed by atoms with Crippen molar-refractivity contribution in [3.8, 4) is 22.4 Å². The average Bonchev–Trinajstić information content (AvgIpc) is 3.48. The molecular formula is C27H16N4. The summed E-state index contributed by atoms with van der Waals surface area (Å²) in [5.41, 5.74) is 12.9. The quantitative estimate of drug-likeness (QED) is 0.315. The summed E-state index contributed by atoms with van der Waals surface area (Å²) in [6.07, 6.45) is 9.51. The van der Waals surface area contributed by atoms with Crippen LogP contribution in [0, 0.1) is 0 Å². The summed E-state index contributed by atoms with van der Waals surface area (Å²) < 4.78 is 2.35. The average molecular weight is 396 g/mol. The van der Waals surface area contributed by atoms with E-state index in [0.717, 1.165) is 45.9 Å². The lowest BCUT2D eigenvalue weighted by atomic mass is 9.96. The van der Waals surface area contributed by atoms with Gasteiger partial charge in [-0.1, -0.05) is 36.4 Å². The summed E-state index contributed by atoms with van der Waals surface area (Å²) in [5, 5.41) is 3.34.